The quantitative estimate of drug-likeness (QED) is 0.0813. The Morgan fingerprint density at radius 3 is 1.55 bits per heavy atom. The van der Waals surface area contributed by atoms with Crippen LogP contribution in [-0.2, 0) is 43.0 Å². The van der Waals surface area contributed by atoms with Crippen LogP contribution in [0.2, 0.25) is 0 Å². The molecular formula is C27H51N5O10. The molecule has 5 unspecified atom stereocenters. The summed E-state index contributed by atoms with van der Waals surface area (Å²) in [6.45, 7) is 8.66. The Bertz CT molecular complexity index is 848. The van der Waals surface area contributed by atoms with Crippen molar-refractivity contribution < 1.29 is 48.1 Å². The van der Waals surface area contributed by atoms with Crippen LogP contribution in [-0.4, -0.2) is 87.3 Å². The zero-order valence-electron chi connectivity index (χ0n) is 25.5. The van der Waals surface area contributed by atoms with Crippen molar-refractivity contribution in [1.82, 2.24) is 5.32 Å². The van der Waals surface area contributed by atoms with Crippen LogP contribution in [0.25, 0.3) is 0 Å². The molecule has 3 rings (SSSR count). The third-order valence-corrected chi connectivity index (χ3v) is 6.04. The lowest BCUT2D eigenvalue weighted by atomic mass is 9.78. The predicted octanol–water partition coefficient (Wildman–Crippen LogP) is -1.29. The van der Waals surface area contributed by atoms with Crippen molar-refractivity contribution in [2.45, 2.75) is 65.3 Å². The summed E-state index contributed by atoms with van der Waals surface area (Å²) in [5, 5.41) is 10.0. The number of nitrogens with one attached hydrogen (secondary N) is 1. The summed E-state index contributed by atoms with van der Waals surface area (Å²) in [5.41, 5.74) is 19.9. The molecule has 3 aliphatic heterocycles. The van der Waals surface area contributed by atoms with Gasteiger partial charge in [-0.25, -0.2) is 0 Å². The van der Waals surface area contributed by atoms with Crippen LogP contribution in [0.15, 0.2) is 0 Å². The van der Waals surface area contributed by atoms with Gasteiger partial charge in [0, 0.05) is 39.7 Å². The molecule has 5 atom stereocenters. The standard InChI is InChI=1S/C18H20O9.C4H13N3.C3H9N.CH5N.CH4O/c1-8-4-10(16(22)26-14(8)20)6-12-7-11(17(23)27-18(12)24)5-9-2-3-13(19)25-15(9)21;5-1-3-7-4-2-6;1-3(2)4;2*1-2/h8-12H,2-7H2,1H3;7H,1-6H2;3H,4H2,1-2H3;2H2,1H3;2H,1H3. The Balaban J connectivity index is 0. The van der Waals surface area contributed by atoms with E-state index in [9.17, 15) is 28.8 Å². The molecule has 15 heteroatoms. The van der Waals surface area contributed by atoms with Crippen molar-refractivity contribution in [3.8, 4) is 0 Å². The number of nitrogens with two attached hydrogens (primary N) is 4. The highest BCUT2D eigenvalue weighted by Crippen LogP contribution is 2.36. The maximum Gasteiger partial charge on any atom is 0.316 e. The number of esters is 6. The van der Waals surface area contributed by atoms with Crippen molar-refractivity contribution in [2.75, 3.05) is 40.3 Å². The largest absolute Gasteiger partial charge is 0.400 e. The zero-order valence-corrected chi connectivity index (χ0v) is 25.5. The van der Waals surface area contributed by atoms with Gasteiger partial charge in [-0.3, -0.25) is 28.8 Å². The molecular weight excluding hydrogens is 554 g/mol. The highest BCUT2D eigenvalue weighted by Gasteiger charge is 2.44. The summed E-state index contributed by atoms with van der Waals surface area (Å²) in [4.78, 5) is 70.4. The van der Waals surface area contributed by atoms with E-state index in [1.54, 1.807) is 6.92 Å². The molecule has 0 aromatic carbocycles. The third-order valence-electron chi connectivity index (χ3n) is 6.04. The lowest BCUT2D eigenvalue weighted by Crippen LogP contribution is -2.41. The number of aliphatic hydroxyl groups excluding tert-OH is 1. The molecule has 0 spiro atoms. The molecule has 0 amide bonds. The van der Waals surface area contributed by atoms with E-state index in [0.717, 1.165) is 20.2 Å². The predicted molar refractivity (Wildman–Crippen MR) is 153 cm³/mol. The molecule has 3 heterocycles. The first-order valence-electron chi connectivity index (χ1n) is 14.0. The van der Waals surface area contributed by atoms with Gasteiger partial charge in [-0.15, -0.1) is 0 Å². The molecule has 0 radical (unpaired) electrons. The van der Waals surface area contributed by atoms with E-state index in [1.165, 1.54) is 7.05 Å². The van der Waals surface area contributed by atoms with Gasteiger partial charge in [-0.2, -0.15) is 0 Å². The van der Waals surface area contributed by atoms with E-state index in [4.69, 9.17) is 31.8 Å². The monoisotopic (exact) mass is 605 g/mol. The smallest absolute Gasteiger partial charge is 0.316 e. The van der Waals surface area contributed by atoms with Crippen molar-refractivity contribution in [3.05, 3.63) is 0 Å². The average Bonchev–Trinajstić information content (AvgIpc) is 2.94. The summed E-state index contributed by atoms with van der Waals surface area (Å²) < 4.78 is 14.1. The number of hydrogen-bond acceptors (Lipinski definition) is 15. The normalized spacial score (nSPS) is 25.1. The number of carbonyl (C=O) groups is 6. The van der Waals surface area contributed by atoms with E-state index in [1.807, 2.05) is 13.8 Å². The van der Waals surface area contributed by atoms with Gasteiger partial charge in [0.25, 0.3) is 0 Å². The van der Waals surface area contributed by atoms with Crippen molar-refractivity contribution in [2.24, 2.45) is 52.5 Å². The zero-order chi connectivity index (χ0) is 32.8. The van der Waals surface area contributed by atoms with Crippen LogP contribution in [0.1, 0.15) is 59.3 Å². The third kappa shape index (κ3) is 16.6. The Hall–Kier alpha value is -2.82. The minimum Gasteiger partial charge on any atom is -0.400 e. The van der Waals surface area contributed by atoms with E-state index < -0.39 is 65.4 Å². The Kier molecular flexibility index (Phi) is 23.3. The molecule has 3 saturated heterocycles. The summed E-state index contributed by atoms with van der Waals surface area (Å²) in [7, 11) is 2.50. The van der Waals surface area contributed by atoms with Gasteiger partial charge in [-0.1, -0.05) is 20.8 Å². The second-order valence-electron chi connectivity index (χ2n) is 10.0. The van der Waals surface area contributed by atoms with E-state index >= 15 is 0 Å². The first kappa shape index (κ1) is 41.3. The summed E-state index contributed by atoms with van der Waals surface area (Å²) in [6.07, 6.45) is 1.04. The molecule has 0 aromatic rings. The second-order valence-corrected chi connectivity index (χ2v) is 10.0. The van der Waals surface area contributed by atoms with Crippen LogP contribution >= 0.6 is 0 Å². The van der Waals surface area contributed by atoms with Crippen LogP contribution in [0, 0.1) is 29.6 Å². The number of ether oxygens (including phenoxy) is 3. The Morgan fingerprint density at radius 2 is 1.12 bits per heavy atom. The molecule has 15 nitrogen and oxygen atoms in total. The molecule has 0 aromatic heterocycles. The molecule has 10 N–H and O–H groups in total. The maximum atomic E-state index is 12.1. The fourth-order valence-corrected chi connectivity index (χ4v) is 4.17. The lowest BCUT2D eigenvalue weighted by molar-refractivity contribution is -0.175. The van der Waals surface area contributed by atoms with Gasteiger partial charge < -0.3 is 47.6 Å². The molecule has 3 aliphatic rings. The molecule has 244 valence electrons. The van der Waals surface area contributed by atoms with Gasteiger partial charge in [0.15, 0.2) is 0 Å². The highest BCUT2D eigenvalue weighted by molar-refractivity contribution is 5.93. The second kappa shape index (κ2) is 23.7. The minimum atomic E-state index is -0.713. The molecule has 0 bridgehead atoms. The highest BCUT2D eigenvalue weighted by atomic mass is 16.6. The summed E-state index contributed by atoms with van der Waals surface area (Å²) in [6, 6.07) is 0.333. The van der Waals surface area contributed by atoms with Crippen LogP contribution in [0.4, 0.5) is 0 Å². The molecule has 42 heavy (non-hydrogen) atoms. The first-order chi connectivity index (χ1) is 19.9. The fraction of sp³-hybridized carbons (Fsp3) is 0.778. The van der Waals surface area contributed by atoms with Gasteiger partial charge in [-0.05, 0) is 45.2 Å². The van der Waals surface area contributed by atoms with Gasteiger partial charge in [0.05, 0.1) is 29.6 Å². The number of carbonyl (C=O) groups excluding carboxylic acids is 6. The average molecular weight is 606 g/mol. The number of rotatable bonds is 8. The van der Waals surface area contributed by atoms with Gasteiger partial charge in [0.2, 0.25) is 0 Å². The van der Waals surface area contributed by atoms with Crippen molar-refractivity contribution >= 4 is 35.8 Å². The first-order valence-corrected chi connectivity index (χ1v) is 14.0. The summed E-state index contributed by atoms with van der Waals surface area (Å²) in [5.74, 6) is -7.01. The van der Waals surface area contributed by atoms with E-state index in [0.29, 0.717) is 19.1 Å². The lowest BCUT2D eigenvalue weighted by Gasteiger charge is -2.32. The Labute approximate surface area is 247 Å². The number of hydrogen-bond donors (Lipinski definition) is 6. The number of cyclic esters (lactones) is 6. The topological polar surface area (TPSA) is 266 Å². The summed E-state index contributed by atoms with van der Waals surface area (Å²) >= 11 is 0. The maximum absolute atomic E-state index is 12.1. The molecule has 3 fully saturated rings. The van der Waals surface area contributed by atoms with Gasteiger partial charge >= 0.3 is 35.8 Å². The molecule has 0 saturated carbocycles. The van der Waals surface area contributed by atoms with E-state index in [-0.39, 0.29) is 38.5 Å². The van der Waals surface area contributed by atoms with E-state index in [2.05, 4.69) is 15.8 Å². The SMILES string of the molecule is CC(C)N.CC1CC(CC2CC(CC3CCC(=O)OC3=O)C(=O)OC2=O)C(=O)OC1=O.CN.CO.NCCNCCN. The van der Waals surface area contributed by atoms with Crippen LogP contribution < -0.4 is 28.3 Å². The number of aliphatic hydroxyl groups is 1. The van der Waals surface area contributed by atoms with Crippen LogP contribution in [0.5, 0.6) is 0 Å². The fourth-order valence-electron chi connectivity index (χ4n) is 4.17. The minimum absolute atomic E-state index is 0.0976. The van der Waals surface area contributed by atoms with Gasteiger partial charge in [0.1, 0.15) is 0 Å². The van der Waals surface area contributed by atoms with Crippen molar-refractivity contribution in [1.29, 1.82) is 0 Å². The van der Waals surface area contributed by atoms with Crippen molar-refractivity contribution in [3.63, 3.8) is 0 Å². The Morgan fingerprint density at radius 1 is 0.738 bits per heavy atom. The molecule has 0 aliphatic carbocycles. The van der Waals surface area contributed by atoms with Crippen LogP contribution in [0.3, 0.4) is 0 Å².